The van der Waals surface area contributed by atoms with Gasteiger partial charge >= 0.3 is 5.97 Å². The van der Waals surface area contributed by atoms with Crippen LogP contribution in [0.3, 0.4) is 0 Å². The summed E-state index contributed by atoms with van der Waals surface area (Å²) in [5, 5.41) is 9.63. The third-order valence-corrected chi connectivity index (χ3v) is 5.35. The van der Waals surface area contributed by atoms with Crippen LogP contribution in [0.2, 0.25) is 0 Å². The summed E-state index contributed by atoms with van der Waals surface area (Å²) in [6, 6.07) is 16.1. The topological polar surface area (TPSA) is 43.8 Å². The van der Waals surface area contributed by atoms with Gasteiger partial charge in [-0.2, -0.15) is 0 Å². The van der Waals surface area contributed by atoms with Gasteiger partial charge in [0.15, 0.2) is 0 Å². The summed E-state index contributed by atoms with van der Waals surface area (Å²) in [5.74, 6) is -0.732. The van der Waals surface area contributed by atoms with Gasteiger partial charge in [0, 0.05) is 30.8 Å². The molecule has 3 rings (SSSR count). The molecule has 1 heterocycles. The van der Waals surface area contributed by atoms with Crippen LogP contribution in [0, 0.1) is 0 Å². The normalized spacial score (nSPS) is 18.9. The van der Waals surface area contributed by atoms with Crippen molar-refractivity contribution in [2.45, 2.75) is 24.9 Å². The molecule has 4 nitrogen and oxygen atoms in total. The molecule has 1 aliphatic rings. The Morgan fingerprint density at radius 1 is 1.12 bits per heavy atom. The number of rotatable bonds is 5. The molecule has 1 aliphatic heterocycles. The van der Waals surface area contributed by atoms with E-state index in [4.69, 9.17) is 0 Å². The lowest BCUT2D eigenvalue weighted by atomic mass is 9.96. The van der Waals surface area contributed by atoms with Gasteiger partial charge in [0.05, 0.1) is 6.04 Å². The first-order chi connectivity index (χ1) is 12.0. The maximum atomic E-state index is 11.7. The number of hydrogen-bond acceptors (Lipinski definition) is 3. The van der Waals surface area contributed by atoms with E-state index in [0.717, 1.165) is 34.3 Å². The van der Waals surface area contributed by atoms with Crippen LogP contribution in [0.1, 0.15) is 30.0 Å². The van der Waals surface area contributed by atoms with Crippen molar-refractivity contribution in [1.29, 1.82) is 0 Å². The SMILES string of the molecule is CN(C)c1ccc(C(c2ccc(Br)cc2)N2CCCC2C(=O)O)cc1. The minimum Gasteiger partial charge on any atom is -0.480 e. The second-order valence-electron chi connectivity index (χ2n) is 6.67. The quantitative estimate of drug-likeness (QED) is 0.815. The van der Waals surface area contributed by atoms with Crippen LogP contribution in [-0.4, -0.2) is 42.7 Å². The summed E-state index contributed by atoms with van der Waals surface area (Å²) in [6.07, 6.45) is 1.62. The van der Waals surface area contributed by atoms with Crippen LogP contribution >= 0.6 is 15.9 Å². The maximum Gasteiger partial charge on any atom is 0.320 e. The highest BCUT2D eigenvalue weighted by Crippen LogP contribution is 2.36. The monoisotopic (exact) mass is 402 g/mol. The van der Waals surface area contributed by atoms with Gasteiger partial charge in [-0.1, -0.05) is 40.2 Å². The Balaban J connectivity index is 2.02. The molecule has 0 saturated carbocycles. The van der Waals surface area contributed by atoms with Crippen molar-refractivity contribution >= 4 is 27.6 Å². The standard InChI is InChI=1S/C20H23BrN2O2/c1-22(2)17-11-7-15(8-12-17)19(14-5-9-16(21)10-6-14)23-13-3-4-18(23)20(24)25/h5-12,18-19H,3-4,13H2,1-2H3,(H,24,25). The number of halogens is 1. The molecule has 1 fully saturated rings. The Kier molecular flexibility index (Phi) is 5.45. The summed E-state index contributed by atoms with van der Waals surface area (Å²) in [7, 11) is 4.03. The third-order valence-electron chi connectivity index (χ3n) is 4.82. The van der Waals surface area contributed by atoms with Gasteiger partial charge in [-0.3, -0.25) is 9.69 Å². The van der Waals surface area contributed by atoms with Crippen LogP contribution in [0.25, 0.3) is 0 Å². The molecule has 0 aliphatic carbocycles. The van der Waals surface area contributed by atoms with Crippen molar-refractivity contribution in [2.75, 3.05) is 25.5 Å². The smallest absolute Gasteiger partial charge is 0.320 e. The molecular formula is C20H23BrN2O2. The number of carboxylic acids is 1. The van der Waals surface area contributed by atoms with Crippen molar-refractivity contribution in [3.63, 3.8) is 0 Å². The first kappa shape index (κ1) is 18.0. The highest BCUT2D eigenvalue weighted by Gasteiger charge is 2.36. The fraction of sp³-hybridized carbons (Fsp3) is 0.350. The van der Waals surface area contributed by atoms with E-state index in [-0.39, 0.29) is 6.04 Å². The van der Waals surface area contributed by atoms with E-state index in [2.05, 4.69) is 62.1 Å². The van der Waals surface area contributed by atoms with Crippen molar-refractivity contribution in [3.8, 4) is 0 Å². The number of carbonyl (C=O) groups is 1. The van der Waals surface area contributed by atoms with Gasteiger partial charge in [0.1, 0.15) is 6.04 Å². The number of benzene rings is 2. The molecule has 132 valence electrons. The number of carboxylic acid groups (broad SMARTS) is 1. The zero-order chi connectivity index (χ0) is 18.0. The zero-order valence-corrected chi connectivity index (χ0v) is 16.1. The lowest BCUT2D eigenvalue weighted by molar-refractivity contribution is -0.142. The second-order valence-corrected chi connectivity index (χ2v) is 7.59. The lowest BCUT2D eigenvalue weighted by Crippen LogP contribution is -2.39. The second kappa shape index (κ2) is 7.58. The fourth-order valence-corrected chi connectivity index (χ4v) is 3.80. The molecule has 25 heavy (non-hydrogen) atoms. The van der Waals surface area contributed by atoms with Crippen LogP contribution < -0.4 is 4.90 Å². The highest BCUT2D eigenvalue weighted by molar-refractivity contribution is 9.10. The van der Waals surface area contributed by atoms with Gasteiger partial charge in [-0.05, 0) is 48.2 Å². The molecule has 0 amide bonds. The predicted molar refractivity (Wildman–Crippen MR) is 104 cm³/mol. The van der Waals surface area contributed by atoms with Crippen LogP contribution in [0.15, 0.2) is 53.0 Å². The highest BCUT2D eigenvalue weighted by atomic mass is 79.9. The molecule has 2 aromatic rings. The Bertz CT molecular complexity index is 728. The average Bonchev–Trinajstić information content (AvgIpc) is 3.07. The first-order valence-electron chi connectivity index (χ1n) is 8.48. The van der Waals surface area contributed by atoms with Gasteiger partial charge in [-0.15, -0.1) is 0 Å². The van der Waals surface area contributed by atoms with Gasteiger partial charge in [0.25, 0.3) is 0 Å². The minimum absolute atomic E-state index is 0.0482. The third kappa shape index (κ3) is 3.88. The van der Waals surface area contributed by atoms with Gasteiger partial charge in [-0.25, -0.2) is 0 Å². The van der Waals surface area contributed by atoms with Crippen molar-refractivity contribution in [3.05, 3.63) is 64.1 Å². The minimum atomic E-state index is -0.732. The van der Waals surface area contributed by atoms with Crippen LogP contribution in [0.5, 0.6) is 0 Å². The van der Waals surface area contributed by atoms with Crippen molar-refractivity contribution in [2.24, 2.45) is 0 Å². The van der Waals surface area contributed by atoms with E-state index in [1.165, 1.54) is 0 Å². The molecule has 0 aromatic heterocycles. The molecule has 2 atom stereocenters. The zero-order valence-electron chi connectivity index (χ0n) is 14.5. The molecular weight excluding hydrogens is 380 g/mol. The number of nitrogens with zero attached hydrogens (tertiary/aromatic N) is 2. The largest absolute Gasteiger partial charge is 0.480 e. The number of hydrogen-bond donors (Lipinski definition) is 1. The van der Waals surface area contributed by atoms with Gasteiger partial charge in [0.2, 0.25) is 0 Å². The van der Waals surface area contributed by atoms with Crippen molar-refractivity contribution < 1.29 is 9.90 Å². The average molecular weight is 403 g/mol. The molecule has 1 saturated heterocycles. The Morgan fingerprint density at radius 2 is 1.68 bits per heavy atom. The number of anilines is 1. The van der Waals surface area contributed by atoms with Gasteiger partial charge < -0.3 is 10.0 Å². The van der Waals surface area contributed by atoms with Crippen LogP contribution in [-0.2, 0) is 4.79 Å². The molecule has 2 aromatic carbocycles. The molecule has 1 N–H and O–H groups in total. The van der Waals surface area contributed by atoms with Crippen molar-refractivity contribution in [1.82, 2.24) is 4.90 Å². The molecule has 2 unspecified atom stereocenters. The first-order valence-corrected chi connectivity index (χ1v) is 9.28. The Morgan fingerprint density at radius 3 is 2.20 bits per heavy atom. The predicted octanol–water partition coefficient (Wildman–Crippen LogP) is 4.15. The molecule has 5 heteroatoms. The summed E-state index contributed by atoms with van der Waals surface area (Å²) in [6.45, 7) is 0.799. The van der Waals surface area contributed by atoms with E-state index in [1.54, 1.807) is 0 Å². The molecule has 0 spiro atoms. The van der Waals surface area contributed by atoms with Crippen LogP contribution in [0.4, 0.5) is 5.69 Å². The fourth-order valence-electron chi connectivity index (χ4n) is 3.54. The number of likely N-dealkylation sites (tertiary alicyclic amines) is 1. The maximum absolute atomic E-state index is 11.7. The summed E-state index contributed by atoms with van der Waals surface area (Å²) in [5.41, 5.74) is 3.38. The summed E-state index contributed by atoms with van der Waals surface area (Å²) in [4.78, 5) is 15.9. The van der Waals surface area contributed by atoms with E-state index >= 15 is 0 Å². The van der Waals surface area contributed by atoms with E-state index in [1.807, 2.05) is 26.2 Å². The molecule has 0 bridgehead atoms. The van der Waals surface area contributed by atoms with E-state index in [9.17, 15) is 9.90 Å². The Hall–Kier alpha value is -1.85. The Labute approximate surface area is 157 Å². The van der Waals surface area contributed by atoms with E-state index in [0.29, 0.717) is 6.42 Å². The summed E-state index contributed by atoms with van der Waals surface area (Å²) < 4.78 is 1.02. The lowest BCUT2D eigenvalue weighted by Gasteiger charge is -2.32. The number of aliphatic carboxylic acids is 1. The van der Waals surface area contributed by atoms with E-state index < -0.39 is 12.0 Å². The molecule has 0 radical (unpaired) electrons. The summed E-state index contributed by atoms with van der Waals surface area (Å²) >= 11 is 3.48.